The van der Waals surface area contributed by atoms with Crippen molar-refractivity contribution in [1.29, 1.82) is 0 Å². The Morgan fingerprint density at radius 2 is 1.89 bits per heavy atom. The fourth-order valence-electron chi connectivity index (χ4n) is 1.45. The summed E-state index contributed by atoms with van der Waals surface area (Å²) in [5.41, 5.74) is 2.14. The van der Waals surface area contributed by atoms with Crippen LogP contribution in [0.5, 0.6) is 5.75 Å². The van der Waals surface area contributed by atoms with E-state index in [-0.39, 0.29) is 0 Å². The van der Waals surface area contributed by atoms with Gasteiger partial charge in [-0.3, -0.25) is 0 Å². The summed E-state index contributed by atoms with van der Waals surface area (Å²) < 4.78 is 10.1. The van der Waals surface area contributed by atoms with E-state index in [4.69, 9.17) is 9.15 Å². The van der Waals surface area contributed by atoms with Gasteiger partial charge >= 0.3 is 0 Å². The molecule has 2 rings (SSSR count). The van der Waals surface area contributed by atoms with E-state index in [9.17, 15) is 0 Å². The molecule has 1 N–H and O–H groups in total. The molecule has 2 aromatic rings. The second-order valence-corrected chi connectivity index (χ2v) is 3.57. The normalized spacial score (nSPS) is 9.84. The summed E-state index contributed by atoms with van der Waals surface area (Å²) in [6.07, 6.45) is 7.44. The van der Waals surface area contributed by atoms with Crippen molar-refractivity contribution in [2.75, 3.05) is 19.0 Å². The van der Waals surface area contributed by atoms with Crippen LogP contribution in [0, 0.1) is 0 Å². The molecule has 0 radical (unpaired) electrons. The Balaban J connectivity index is 0.000000861. The van der Waals surface area contributed by atoms with Crippen LogP contribution in [0.15, 0.2) is 53.4 Å². The van der Waals surface area contributed by atoms with Gasteiger partial charge in [-0.1, -0.05) is 26.0 Å². The van der Waals surface area contributed by atoms with Crippen molar-refractivity contribution in [2.24, 2.45) is 0 Å². The van der Waals surface area contributed by atoms with Crippen LogP contribution in [-0.4, -0.2) is 13.7 Å². The molecule has 1 aromatic carbocycles. The van der Waals surface area contributed by atoms with Crippen molar-refractivity contribution in [3.63, 3.8) is 0 Å². The molecule has 0 bridgehead atoms. The summed E-state index contributed by atoms with van der Waals surface area (Å²) in [6.45, 7) is 4.78. The van der Waals surface area contributed by atoms with E-state index in [1.54, 1.807) is 19.6 Å². The van der Waals surface area contributed by atoms with E-state index in [1.807, 2.05) is 50.3 Å². The molecule has 19 heavy (non-hydrogen) atoms. The average Bonchev–Trinajstić information content (AvgIpc) is 3.00. The monoisotopic (exact) mass is 259 g/mol. The Morgan fingerprint density at radius 1 is 1.16 bits per heavy atom. The van der Waals surface area contributed by atoms with Gasteiger partial charge in [0.1, 0.15) is 5.75 Å². The van der Waals surface area contributed by atoms with Crippen LogP contribution in [0.25, 0.3) is 6.08 Å². The molecule has 0 fully saturated rings. The summed E-state index contributed by atoms with van der Waals surface area (Å²) in [6, 6.07) is 9.77. The Hall–Kier alpha value is -2.16. The Morgan fingerprint density at radius 3 is 2.47 bits per heavy atom. The number of hydrogen-bond acceptors (Lipinski definition) is 3. The first kappa shape index (κ1) is 14.9. The van der Waals surface area contributed by atoms with Crippen molar-refractivity contribution < 1.29 is 9.15 Å². The molecule has 0 amide bonds. The Labute approximate surface area is 114 Å². The summed E-state index contributed by atoms with van der Waals surface area (Å²) >= 11 is 0. The van der Waals surface area contributed by atoms with Gasteiger partial charge in [-0.05, 0) is 30.3 Å². The Kier molecular flexibility index (Phi) is 6.95. The van der Waals surface area contributed by atoms with Crippen molar-refractivity contribution in [3.05, 3.63) is 54.5 Å². The van der Waals surface area contributed by atoms with Gasteiger partial charge in [-0.2, -0.15) is 0 Å². The van der Waals surface area contributed by atoms with E-state index >= 15 is 0 Å². The maximum Gasteiger partial charge on any atom is 0.119 e. The van der Waals surface area contributed by atoms with Crippen LogP contribution in [0.4, 0.5) is 5.69 Å². The zero-order valence-electron chi connectivity index (χ0n) is 11.7. The van der Waals surface area contributed by atoms with E-state index in [0.717, 1.165) is 23.5 Å². The highest BCUT2D eigenvalue weighted by molar-refractivity contribution is 5.50. The van der Waals surface area contributed by atoms with Gasteiger partial charge in [0, 0.05) is 17.8 Å². The first-order valence-corrected chi connectivity index (χ1v) is 6.45. The molecular weight excluding hydrogens is 238 g/mol. The highest BCUT2D eigenvalue weighted by Gasteiger charge is 1.91. The number of rotatable bonds is 5. The molecule has 0 atom stereocenters. The third-order valence-corrected chi connectivity index (χ3v) is 2.37. The standard InChI is InChI=1S/C14H15NO2.C2H6/c1-16-14-6-4-13(5-7-14)15-9-2-3-12-8-10-17-11-12;1-2/h2-8,10-11,15H,9H2,1H3;1-2H3/b3-2+;. The molecule has 0 spiro atoms. The maximum atomic E-state index is 5.09. The van der Waals surface area contributed by atoms with Gasteiger partial charge in [0.2, 0.25) is 0 Å². The molecule has 1 aromatic heterocycles. The molecule has 102 valence electrons. The molecule has 3 heteroatoms. The smallest absolute Gasteiger partial charge is 0.119 e. The fourth-order valence-corrected chi connectivity index (χ4v) is 1.45. The number of methoxy groups -OCH3 is 1. The summed E-state index contributed by atoms with van der Waals surface area (Å²) in [4.78, 5) is 0. The van der Waals surface area contributed by atoms with Crippen molar-refractivity contribution in [1.82, 2.24) is 0 Å². The lowest BCUT2D eigenvalue weighted by Gasteiger charge is -2.04. The molecule has 0 unspecified atom stereocenters. The average molecular weight is 259 g/mol. The molecule has 0 saturated carbocycles. The van der Waals surface area contributed by atoms with E-state index in [2.05, 4.69) is 11.4 Å². The van der Waals surface area contributed by atoms with E-state index in [1.165, 1.54) is 0 Å². The molecule has 3 nitrogen and oxygen atoms in total. The van der Waals surface area contributed by atoms with Crippen LogP contribution in [-0.2, 0) is 0 Å². The van der Waals surface area contributed by atoms with Crippen LogP contribution in [0.2, 0.25) is 0 Å². The fraction of sp³-hybridized carbons (Fsp3) is 0.250. The Bertz CT molecular complexity index is 458. The van der Waals surface area contributed by atoms with Crippen molar-refractivity contribution >= 4 is 11.8 Å². The van der Waals surface area contributed by atoms with Gasteiger partial charge in [-0.25, -0.2) is 0 Å². The topological polar surface area (TPSA) is 34.4 Å². The first-order valence-electron chi connectivity index (χ1n) is 6.45. The van der Waals surface area contributed by atoms with Crippen LogP contribution >= 0.6 is 0 Å². The number of anilines is 1. The second-order valence-electron chi connectivity index (χ2n) is 3.57. The zero-order chi connectivity index (χ0) is 13.9. The molecule has 0 aliphatic carbocycles. The van der Waals surface area contributed by atoms with Gasteiger partial charge in [0.05, 0.1) is 19.6 Å². The van der Waals surface area contributed by atoms with Gasteiger partial charge in [0.15, 0.2) is 0 Å². The lowest BCUT2D eigenvalue weighted by molar-refractivity contribution is 0.415. The first-order chi connectivity index (χ1) is 9.38. The molecule has 0 aliphatic rings. The maximum absolute atomic E-state index is 5.09. The molecule has 0 saturated heterocycles. The van der Waals surface area contributed by atoms with Gasteiger partial charge < -0.3 is 14.5 Å². The van der Waals surface area contributed by atoms with Crippen LogP contribution < -0.4 is 10.1 Å². The quantitative estimate of drug-likeness (QED) is 0.862. The third kappa shape index (κ3) is 5.34. The lowest BCUT2D eigenvalue weighted by Crippen LogP contribution is -1.97. The number of hydrogen-bond donors (Lipinski definition) is 1. The summed E-state index contributed by atoms with van der Waals surface area (Å²) in [5.74, 6) is 0.865. The minimum atomic E-state index is 0.775. The number of nitrogens with one attached hydrogen (secondary N) is 1. The van der Waals surface area contributed by atoms with Crippen LogP contribution in [0.3, 0.4) is 0 Å². The zero-order valence-corrected chi connectivity index (χ0v) is 11.7. The van der Waals surface area contributed by atoms with Gasteiger partial charge in [0.25, 0.3) is 0 Å². The predicted molar refractivity (Wildman–Crippen MR) is 80.6 cm³/mol. The largest absolute Gasteiger partial charge is 0.497 e. The number of ether oxygens (including phenoxy) is 1. The molecule has 0 aliphatic heterocycles. The summed E-state index contributed by atoms with van der Waals surface area (Å²) in [5, 5.41) is 3.29. The lowest BCUT2D eigenvalue weighted by atomic mass is 10.3. The van der Waals surface area contributed by atoms with E-state index < -0.39 is 0 Å². The predicted octanol–water partition coefficient (Wildman–Crippen LogP) is 4.44. The number of benzene rings is 1. The molecular formula is C16H21NO2. The summed E-state index contributed by atoms with van der Waals surface area (Å²) in [7, 11) is 1.66. The van der Waals surface area contributed by atoms with Crippen molar-refractivity contribution in [3.8, 4) is 5.75 Å². The second kappa shape index (κ2) is 8.86. The van der Waals surface area contributed by atoms with Crippen LogP contribution in [0.1, 0.15) is 19.4 Å². The highest BCUT2D eigenvalue weighted by atomic mass is 16.5. The minimum absolute atomic E-state index is 0.775. The van der Waals surface area contributed by atoms with Gasteiger partial charge in [-0.15, -0.1) is 0 Å². The minimum Gasteiger partial charge on any atom is -0.497 e. The SMILES string of the molecule is CC.COc1ccc(NC/C=C/c2ccoc2)cc1. The molecule has 1 heterocycles. The third-order valence-electron chi connectivity index (χ3n) is 2.37. The number of furan rings is 1. The van der Waals surface area contributed by atoms with Crippen molar-refractivity contribution in [2.45, 2.75) is 13.8 Å². The highest BCUT2D eigenvalue weighted by Crippen LogP contribution is 2.14. The van der Waals surface area contributed by atoms with E-state index in [0.29, 0.717) is 0 Å².